The Kier molecular flexibility index (Phi) is 5.94. The van der Waals surface area contributed by atoms with Gasteiger partial charge in [-0.25, -0.2) is 15.0 Å². The number of ether oxygens (including phenoxy) is 3. The highest BCUT2D eigenvalue weighted by Gasteiger charge is 2.56. The fraction of sp³-hybridized carbons (Fsp3) is 0.500. The summed E-state index contributed by atoms with van der Waals surface area (Å²) in [5.41, 5.74) is 8.09. The first kappa shape index (κ1) is 24.9. The number of anilines is 1. The van der Waals surface area contributed by atoms with Gasteiger partial charge in [0, 0.05) is 13.1 Å². The van der Waals surface area contributed by atoms with Gasteiger partial charge in [0.2, 0.25) is 0 Å². The van der Waals surface area contributed by atoms with Gasteiger partial charge in [0.15, 0.2) is 29.0 Å². The van der Waals surface area contributed by atoms with Crippen LogP contribution in [-0.2, 0) is 14.2 Å². The van der Waals surface area contributed by atoms with Crippen LogP contribution >= 0.6 is 0 Å². The molecular formula is C26H31N7O5. The Morgan fingerprint density at radius 1 is 1.08 bits per heavy atom. The standard InChI is InChI=1S/C26H31N7O5/c1-14-30-18-21(27)28-13-29-22(18)33(14)25-20-19(37-26(2,3)38-20)17(36-25)12-31(4)10-7-11-32-23(34)15-8-5-6-9-16(15)24(32)35/h5-6,8-9,13,17,19-20,25H,7,10-12H2,1-4H3,(H2,27,28,29)/t17-,19-,20-,25-/m1/s1. The van der Waals surface area contributed by atoms with E-state index in [2.05, 4.69) is 19.9 Å². The number of carbonyl (C=O) groups is 2. The van der Waals surface area contributed by atoms with E-state index in [1.54, 1.807) is 24.3 Å². The lowest BCUT2D eigenvalue weighted by Crippen LogP contribution is -2.39. The number of fused-ring (bicyclic) bond motifs is 3. The molecule has 3 aromatic rings. The number of imide groups is 1. The van der Waals surface area contributed by atoms with Crippen LogP contribution in [0.4, 0.5) is 5.82 Å². The Labute approximate surface area is 219 Å². The SMILES string of the molecule is Cc1nc2c(N)ncnc2n1[C@@H]1O[C@H](CN(C)CCCN2C(=O)c3ccccc3C2=O)[C@H]2OC(C)(C)O[C@H]21. The number of benzene rings is 1. The van der Waals surface area contributed by atoms with E-state index < -0.39 is 12.0 Å². The van der Waals surface area contributed by atoms with Gasteiger partial charge < -0.3 is 24.8 Å². The molecule has 2 fully saturated rings. The van der Waals surface area contributed by atoms with E-state index in [4.69, 9.17) is 19.9 Å². The second-order valence-corrected chi connectivity index (χ2v) is 10.5. The maximum Gasteiger partial charge on any atom is 0.261 e. The minimum Gasteiger partial charge on any atom is -0.382 e. The molecule has 2 amide bonds. The van der Waals surface area contributed by atoms with E-state index in [1.807, 2.05) is 32.4 Å². The summed E-state index contributed by atoms with van der Waals surface area (Å²) >= 11 is 0. The molecule has 200 valence electrons. The van der Waals surface area contributed by atoms with Crippen molar-refractivity contribution in [3.05, 3.63) is 47.5 Å². The van der Waals surface area contributed by atoms with Crippen LogP contribution in [0.3, 0.4) is 0 Å². The molecule has 12 heteroatoms. The van der Waals surface area contributed by atoms with Crippen molar-refractivity contribution in [3.63, 3.8) is 0 Å². The summed E-state index contributed by atoms with van der Waals surface area (Å²) in [6.45, 7) is 7.25. The first-order chi connectivity index (χ1) is 18.1. The molecule has 1 aromatic carbocycles. The van der Waals surface area contributed by atoms with Gasteiger partial charge in [-0.15, -0.1) is 0 Å². The van der Waals surface area contributed by atoms with E-state index in [0.29, 0.717) is 60.0 Å². The van der Waals surface area contributed by atoms with Gasteiger partial charge in [0.1, 0.15) is 30.5 Å². The van der Waals surface area contributed by atoms with Crippen LogP contribution in [-0.4, -0.2) is 91.9 Å². The van der Waals surface area contributed by atoms with E-state index in [9.17, 15) is 9.59 Å². The second-order valence-electron chi connectivity index (χ2n) is 10.5. The highest BCUT2D eigenvalue weighted by molar-refractivity contribution is 6.21. The van der Waals surface area contributed by atoms with Crippen molar-refractivity contribution in [2.45, 2.75) is 57.5 Å². The minimum atomic E-state index is -0.766. The minimum absolute atomic E-state index is 0.232. The number of amides is 2. The van der Waals surface area contributed by atoms with Crippen LogP contribution in [0.5, 0.6) is 0 Å². The molecule has 5 heterocycles. The molecule has 0 saturated carbocycles. The van der Waals surface area contributed by atoms with Gasteiger partial charge in [0.05, 0.1) is 11.1 Å². The van der Waals surface area contributed by atoms with Crippen LogP contribution in [0.25, 0.3) is 11.2 Å². The molecule has 0 spiro atoms. The third kappa shape index (κ3) is 4.04. The summed E-state index contributed by atoms with van der Waals surface area (Å²) in [7, 11) is 1.99. The maximum atomic E-state index is 12.7. The number of aryl methyl sites for hydroxylation is 1. The maximum absolute atomic E-state index is 12.7. The van der Waals surface area contributed by atoms with Gasteiger partial charge in [0.25, 0.3) is 11.8 Å². The second kappa shape index (κ2) is 9.09. The number of carbonyl (C=O) groups excluding carboxylic acids is 2. The van der Waals surface area contributed by atoms with E-state index in [0.717, 1.165) is 0 Å². The van der Waals surface area contributed by atoms with E-state index in [1.165, 1.54) is 11.2 Å². The van der Waals surface area contributed by atoms with Crippen molar-refractivity contribution in [3.8, 4) is 0 Å². The Morgan fingerprint density at radius 3 is 2.47 bits per heavy atom. The average Bonchev–Trinajstić information content (AvgIpc) is 3.55. The number of nitrogens with zero attached hydrogens (tertiary/aromatic N) is 6. The summed E-state index contributed by atoms with van der Waals surface area (Å²) in [4.78, 5) is 41.8. The molecule has 2 aromatic heterocycles. The normalized spacial score (nSPS) is 26.1. The van der Waals surface area contributed by atoms with Crippen molar-refractivity contribution < 1.29 is 23.8 Å². The first-order valence-corrected chi connectivity index (χ1v) is 12.7. The van der Waals surface area contributed by atoms with Gasteiger partial charge in [-0.3, -0.25) is 19.1 Å². The zero-order valence-corrected chi connectivity index (χ0v) is 21.8. The third-order valence-electron chi connectivity index (χ3n) is 7.35. The zero-order valence-electron chi connectivity index (χ0n) is 21.8. The molecule has 4 atom stereocenters. The van der Waals surface area contributed by atoms with Gasteiger partial charge in [-0.05, 0) is 52.9 Å². The number of rotatable bonds is 7. The summed E-state index contributed by atoms with van der Waals surface area (Å²) in [6, 6.07) is 6.94. The molecule has 2 saturated heterocycles. The van der Waals surface area contributed by atoms with Crippen LogP contribution in [0, 0.1) is 6.92 Å². The molecule has 0 radical (unpaired) electrons. The molecule has 38 heavy (non-hydrogen) atoms. The highest BCUT2D eigenvalue weighted by Crippen LogP contribution is 2.44. The molecular weight excluding hydrogens is 490 g/mol. The monoisotopic (exact) mass is 521 g/mol. The number of hydrogen-bond acceptors (Lipinski definition) is 10. The molecule has 6 rings (SSSR count). The van der Waals surface area contributed by atoms with Gasteiger partial charge in [-0.2, -0.15) is 0 Å². The summed E-state index contributed by atoms with van der Waals surface area (Å²) in [5.74, 6) is -0.227. The molecule has 3 aliphatic rings. The molecule has 0 bridgehead atoms. The van der Waals surface area contributed by atoms with Crippen LogP contribution in [0.1, 0.15) is 53.0 Å². The predicted molar refractivity (Wildman–Crippen MR) is 136 cm³/mol. The van der Waals surface area contributed by atoms with Crippen molar-refractivity contribution in [2.24, 2.45) is 0 Å². The zero-order chi connectivity index (χ0) is 26.8. The number of nitrogens with two attached hydrogens (primary N) is 1. The molecule has 3 aliphatic heterocycles. The number of aromatic nitrogens is 4. The highest BCUT2D eigenvalue weighted by atomic mass is 16.8. The van der Waals surface area contributed by atoms with E-state index >= 15 is 0 Å². The number of likely N-dealkylation sites (N-methyl/N-ethyl adjacent to an activating group) is 1. The van der Waals surface area contributed by atoms with Crippen molar-refractivity contribution >= 4 is 28.8 Å². The topological polar surface area (TPSA) is 138 Å². The number of imidazole rings is 1. The number of hydrogen-bond donors (Lipinski definition) is 1. The quantitative estimate of drug-likeness (QED) is 0.458. The van der Waals surface area contributed by atoms with Gasteiger partial charge in [-0.1, -0.05) is 12.1 Å². The summed E-state index contributed by atoms with van der Waals surface area (Å²) in [6.07, 6.45) is 0.595. The number of nitrogen functional groups attached to an aromatic ring is 1. The lowest BCUT2D eigenvalue weighted by Gasteiger charge is -2.27. The smallest absolute Gasteiger partial charge is 0.261 e. The Hall–Kier alpha value is -3.45. The van der Waals surface area contributed by atoms with Gasteiger partial charge >= 0.3 is 0 Å². The largest absolute Gasteiger partial charge is 0.382 e. The summed E-state index contributed by atoms with van der Waals surface area (Å²) in [5, 5.41) is 0. The van der Waals surface area contributed by atoms with Crippen molar-refractivity contribution in [1.29, 1.82) is 0 Å². The fourth-order valence-electron chi connectivity index (χ4n) is 5.69. The lowest BCUT2D eigenvalue weighted by atomic mass is 10.1. The molecule has 2 N–H and O–H groups in total. The van der Waals surface area contributed by atoms with Crippen LogP contribution < -0.4 is 5.73 Å². The Morgan fingerprint density at radius 2 is 1.76 bits per heavy atom. The third-order valence-corrected chi connectivity index (χ3v) is 7.35. The lowest BCUT2D eigenvalue weighted by molar-refractivity contribution is -0.197. The average molecular weight is 522 g/mol. The predicted octanol–water partition coefficient (Wildman–Crippen LogP) is 1.75. The van der Waals surface area contributed by atoms with Crippen LogP contribution in [0.2, 0.25) is 0 Å². The molecule has 0 unspecified atom stereocenters. The Bertz CT molecular complexity index is 1390. The van der Waals surface area contributed by atoms with Crippen molar-refractivity contribution in [2.75, 3.05) is 32.4 Å². The Balaban J connectivity index is 1.14. The van der Waals surface area contributed by atoms with Crippen LogP contribution in [0.15, 0.2) is 30.6 Å². The summed E-state index contributed by atoms with van der Waals surface area (Å²) < 4.78 is 21.0. The van der Waals surface area contributed by atoms with Crippen molar-refractivity contribution in [1.82, 2.24) is 29.3 Å². The molecule has 0 aliphatic carbocycles. The van der Waals surface area contributed by atoms with E-state index in [-0.39, 0.29) is 30.1 Å². The molecule has 12 nitrogen and oxygen atoms in total. The first-order valence-electron chi connectivity index (χ1n) is 12.7. The fourth-order valence-corrected chi connectivity index (χ4v) is 5.69.